The zero-order chi connectivity index (χ0) is 26.4. The Kier molecular flexibility index (Phi) is 8.91. The predicted molar refractivity (Wildman–Crippen MR) is 153 cm³/mol. The lowest BCUT2D eigenvalue weighted by Gasteiger charge is -2.15. The van der Waals surface area contributed by atoms with Crippen LogP contribution >= 0.6 is 39.3 Å². The summed E-state index contributed by atoms with van der Waals surface area (Å²) >= 11 is 10.8. The minimum absolute atomic E-state index is 0.200. The number of benzene rings is 3. The summed E-state index contributed by atoms with van der Waals surface area (Å²) in [5.74, 6) is 0.292. The molecule has 1 fully saturated rings. The molecular weight excluding hydrogens is 578 g/mol. The summed E-state index contributed by atoms with van der Waals surface area (Å²) in [4.78, 5) is 29.9. The summed E-state index contributed by atoms with van der Waals surface area (Å²) in [5, 5.41) is 6.59. The number of ether oxygens (including phenoxy) is 2. The molecule has 7 nitrogen and oxygen atoms in total. The van der Waals surface area contributed by atoms with E-state index >= 15 is 0 Å². The number of nitrogens with one attached hydrogen (secondary N) is 2. The number of aryl methyl sites for hydroxylation is 1. The lowest BCUT2D eigenvalue weighted by atomic mass is 10.2. The first-order valence-electron chi connectivity index (χ1n) is 11.3. The number of anilines is 1. The Bertz CT molecular complexity index is 1390. The van der Waals surface area contributed by atoms with Crippen LogP contribution in [0.15, 0.2) is 75.0 Å². The number of amidine groups is 1. The molecule has 0 spiro atoms. The number of hydrogen-bond acceptors (Lipinski definition) is 6. The Morgan fingerprint density at radius 3 is 2.68 bits per heavy atom. The number of rotatable bonds is 8. The van der Waals surface area contributed by atoms with E-state index in [1.165, 1.54) is 11.8 Å². The number of carbonyl (C=O) groups excluding carboxylic acids is 2. The molecule has 0 atom stereocenters. The number of thioether (sulfide) groups is 1. The second-order valence-corrected chi connectivity index (χ2v) is 10.2. The zero-order valence-corrected chi connectivity index (χ0v) is 23.2. The van der Waals surface area contributed by atoms with Gasteiger partial charge in [-0.15, -0.1) is 0 Å². The average Bonchev–Trinajstić information content (AvgIpc) is 3.18. The Hall–Kier alpha value is -3.27. The van der Waals surface area contributed by atoms with E-state index in [4.69, 9.17) is 21.1 Å². The molecular formula is C27H23BrClN3O4S. The van der Waals surface area contributed by atoms with Gasteiger partial charge in [-0.1, -0.05) is 35.4 Å². The highest BCUT2D eigenvalue weighted by Gasteiger charge is 2.24. The third kappa shape index (κ3) is 7.38. The zero-order valence-electron chi connectivity index (χ0n) is 20.0. The van der Waals surface area contributed by atoms with Crippen LogP contribution < -0.4 is 20.1 Å². The van der Waals surface area contributed by atoms with E-state index in [0.717, 1.165) is 5.56 Å². The Balaban J connectivity index is 1.49. The molecule has 0 aromatic heterocycles. The first-order chi connectivity index (χ1) is 17.8. The van der Waals surface area contributed by atoms with Gasteiger partial charge in [0.05, 0.1) is 21.7 Å². The maximum atomic E-state index is 12.5. The summed E-state index contributed by atoms with van der Waals surface area (Å²) in [6.45, 7) is 4.02. The van der Waals surface area contributed by atoms with Crippen LogP contribution in [0.1, 0.15) is 18.1 Å². The van der Waals surface area contributed by atoms with Crippen LogP contribution in [0, 0.1) is 6.92 Å². The lowest BCUT2D eigenvalue weighted by molar-refractivity contribution is -0.118. The van der Waals surface area contributed by atoms with Crippen molar-refractivity contribution in [1.82, 2.24) is 5.32 Å². The SMILES string of the molecule is CCOc1cc(/C=C2/SC(=Nc3cccc(Cl)c3)NC2=O)cc(Br)c1OCC(=O)Nc1ccc(C)cc1. The highest BCUT2D eigenvalue weighted by Crippen LogP contribution is 2.38. The van der Waals surface area contributed by atoms with Crippen LogP contribution in [0.25, 0.3) is 6.08 Å². The van der Waals surface area contributed by atoms with Crippen molar-refractivity contribution in [2.75, 3.05) is 18.5 Å². The van der Waals surface area contributed by atoms with Crippen LogP contribution in [0.5, 0.6) is 11.5 Å². The molecule has 2 amide bonds. The Morgan fingerprint density at radius 1 is 1.16 bits per heavy atom. The number of carbonyl (C=O) groups is 2. The highest BCUT2D eigenvalue weighted by atomic mass is 79.9. The van der Waals surface area contributed by atoms with Gasteiger partial charge in [0.25, 0.3) is 11.8 Å². The molecule has 1 aliphatic rings. The molecule has 10 heteroatoms. The molecule has 1 aliphatic heterocycles. The fraction of sp³-hybridized carbons (Fsp3) is 0.148. The van der Waals surface area contributed by atoms with Gasteiger partial charge >= 0.3 is 0 Å². The average molecular weight is 601 g/mol. The van der Waals surface area contributed by atoms with Gasteiger partial charge in [0, 0.05) is 10.7 Å². The van der Waals surface area contributed by atoms with E-state index in [9.17, 15) is 9.59 Å². The molecule has 0 bridgehead atoms. The molecule has 0 aliphatic carbocycles. The predicted octanol–water partition coefficient (Wildman–Crippen LogP) is 6.72. The van der Waals surface area contributed by atoms with E-state index in [0.29, 0.717) is 54.6 Å². The summed E-state index contributed by atoms with van der Waals surface area (Å²) in [5.41, 5.74) is 3.16. The molecule has 4 rings (SSSR count). The van der Waals surface area contributed by atoms with Gasteiger partial charge in [0.1, 0.15) is 0 Å². The summed E-state index contributed by atoms with van der Waals surface area (Å²) in [6, 6.07) is 18.1. The summed E-state index contributed by atoms with van der Waals surface area (Å²) in [7, 11) is 0. The third-order valence-electron chi connectivity index (χ3n) is 5.00. The minimum Gasteiger partial charge on any atom is -0.490 e. The van der Waals surface area contributed by atoms with Crippen molar-refractivity contribution in [1.29, 1.82) is 0 Å². The van der Waals surface area contributed by atoms with E-state index < -0.39 is 0 Å². The molecule has 0 saturated carbocycles. The lowest BCUT2D eigenvalue weighted by Crippen LogP contribution is -2.20. The molecule has 1 saturated heterocycles. The fourth-order valence-corrected chi connectivity index (χ4v) is 4.94. The molecule has 0 unspecified atom stereocenters. The van der Waals surface area contributed by atoms with Gasteiger partial charge < -0.3 is 20.1 Å². The van der Waals surface area contributed by atoms with Crippen molar-refractivity contribution < 1.29 is 19.1 Å². The van der Waals surface area contributed by atoms with Gasteiger partial charge in [0.15, 0.2) is 23.3 Å². The van der Waals surface area contributed by atoms with Crippen molar-refractivity contribution in [3.05, 3.63) is 86.2 Å². The maximum absolute atomic E-state index is 12.5. The number of amides is 2. The summed E-state index contributed by atoms with van der Waals surface area (Å²) < 4.78 is 12.2. The number of nitrogens with zero attached hydrogens (tertiary/aromatic N) is 1. The Morgan fingerprint density at radius 2 is 1.95 bits per heavy atom. The van der Waals surface area contributed by atoms with E-state index in [1.54, 1.807) is 42.5 Å². The van der Waals surface area contributed by atoms with E-state index in [-0.39, 0.29) is 18.4 Å². The van der Waals surface area contributed by atoms with Crippen LogP contribution in [0.4, 0.5) is 11.4 Å². The second-order valence-electron chi connectivity index (χ2n) is 7.93. The normalized spacial score (nSPS) is 15.1. The highest BCUT2D eigenvalue weighted by molar-refractivity contribution is 9.10. The minimum atomic E-state index is -0.296. The van der Waals surface area contributed by atoms with Crippen LogP contribution in [0.2, 0.25) is 5.02 Å². The first-order valence-corrected chi connectivity index (χ1v) is 13.3. The summed E-state index contributed by atoms with van der Waals surface area (Å²) in [6.07, 6.45) is 1.74. The molecule has 0 radical (unpaired) electrons. The van der Waals surface area contributed by atoms with Crippen molar-refractivity contribution in [2.45, 2.75) is 13.8 Å². The van der Waals surface area contributed by atoms with Crippen molar-refractivity contribution >= 4 is 73.7 Å². The monoisotopic (exact) mass is 599 g/mol. The van der Waals surface area contributed by atoms with Crippen LogP contribution in [-0.2, 0) is 9.59 Å². The fourth-order valence-electron chi connectivity index (χ4n) is 3.34. The standard InChI is InChI=1S/C27H23BrClN3O4S/c1-3-35-22-12-17(13-23-26(34)32-27(37-23)31-20-6-4-5-18(29)14-20)11-21(28)25(22)36-15-24(33)30-19-9-7-16(2)8-10-19/h4-14H,3,15H2,1-2H3,(H,30,33)(H,31,32,34)/b23-13+. The Labute approximate surface area is 232 Å². The van der Waals surface area contributed by atoms with E-state index in [1.807, 2.05) is 38.1 Å². The van der Waals surface area contributed by atoms with Gasteiger partial charge in [-0.05, 0) is 95.6 Å². The van der Waals surface area contributed by atoms with Gasteiger partial charge in [-0.25, -0.2) is 4.99 Å². The van der Waals surface area contributed by atoms with Gasteiger partial charge in [-0.2, -0.15) is 0 Å². The topological polar surface area (TPSA) is 89.0 Å². The van der Waals surface area contributed by atoms with Crippen molar-refractivity contribution in [3.8, 4) is 11.5 Å². The van der Waals surface area contributed by atoms with Gasteiger partial charge in [-0.3, -0.25) is 9.59 Å². The maximum Gasteiger partial charge on any atom is 0.264 e. The molecule has 2 N–H and O–H groups in total. The molecule has 3 aromatic rings. The van der Waals surface area contributed by atoms with Crippen LogP contribution in [0.3, 0.4) is 0 Å². The number of aliphatic imine (C=N–C) groups is 1. The molecule has 190 valence electrons. The smallest absolute Gasteiger partial charge is 0.264 e. The van der Waals surface area contributed by atoms with Gasteiger partial charge in [0.2, 0.25) is 0 Å². The largest absolute Gasteiger partial charge is 0.490 e. The third-order valence-corrected chi connectivity index (χ3v) is 6.74. The van der Waals surface area contributed by atoms with Crippen LogP contribution in [-0.4, -0.2) is 30.2 Å². The van der Waals surface area contributed by atoms with Crippen molar-refractivity contribution in [2.24, 2.45) is 4.99 Å². The van der Waals surface area contributed by atoms with E-state index in [2.05, 4.69) is 31.6 Å². The van der Waals surface area contributed by atoms with Crippen molar-refractivity contribution in [3.63, 3.8) is 0 Å². The number of halogens is 2. The molecule has 3 aromatic carbocycles. The first kappa shape index (κ1) is 26.8. The molecule has 37 heavy (non-hydrogen) atoms. The quantitative estimate of drug-likeness (QED) is 0.280. The molecule has 1 heterocycles. The second kappa shape index (κ2) is 12.3. The number of hydrogen-bond donors (Lipinski definition) is 2.